The lowest BCUT2D eigenvalue weighted by atomic mass is 10.1. The molecule has 0 bridgehead atoms. The topological polar surface area (TPSA) is 67.3 Å². The number of anilines is 1. The summed E-state index contributed by atoms with van der Waals surface area (Å²) < 4.78 is 5.19. The van der Waals surface area contributed by atoms with Gasteiger partial charge in [-0.05, 0) is 31.0 Å². The average molecular weight is 307 g/mol. The Morgan fingerprint density at radius 1 is 1.29 bits per heavy atom. The van der Waals surface area contributed by atoms with Gasteiger partial charge in [0.2, 0.25) is 5.13 Å². The molecule has 0 saturated heterocycles. The molecule has 0 radical (unpaired) electrons. The highest BCUT2D eigenvalue weighted by atomic mass is 32.1. The van der Waals surface area contributed by atoms with Crippen LogP contribution in [0.25, 0.3) is 0 Å². The number of rotatable bonds is 6. The molecule has 6 heteroatoms. The van der Waals surface area contributed by atoms with Crippen LogP contribution in [-0.4, -0.2) is 22.4 Å². The van der Waals surface area contributed by atoms with Crippen LogP contribution in [0.2, 0.25) is 0 Å². The van der Waals surface area contributed by atoms with Gasteiger partial charge in [0.1, 0.15) is 16.5 Å². The highest BCUT2D eigenvalue weighted by Crippen LogP contribution is 2.31. The van der Waals surface area contributed by atoms with Gasteiger partial charge in [-0.1, -0.05) is 25.2 Å². The van der Waals surface area contributed by atoms with Gasteiger partial charge in [0.05, 0.1) is 13.2 Å². The lowest BCUT2D eigenvalue weighted by molar-refractivity contribution is 0.410. The summed E-state index contributed by atoms with van der Waals surface area (Å²) in [6.07, 6.45) is 0.929. The van der Waals surface area contributed by atoms with Crippen molar-refractivity contribution in [2.45, 2.75) is 33.2 Å². The molecule has 114 valence electrons. The Kier molecular flexibility index (Phi) is 5.01. The first-order chi connectivity index (χ1) is 9.99. The van der Waals surface area contributed by atoms with Crippen molar-refractivity contribution in [3.63, 3.8) is 0 Å². The molecule has 2 aromatic rings. The second kappa shape index (κ2) is 6.76. The standard InChI is InChI=1S/C15H21N3O2S/c1-9(2)7-14-17-18-15(21-14)16-10(3)12-8-11(20-4)5-6-13(12)19/h5-6,8-10,19H,7H2,1-4H3,(H,16,18). The number of ether oxygens (including phenoxy) is 1. The Hall–Kier alpha value is -1.82. The summed E-state index contributed by atoms with van der Waals surface area (Å²) in [4.78, 5) is 0. The van der Waals surface area contributed by atoms with Crippen molar-refractivity contribution < 1.29 is 9.84 Å². The van der Waals surface area contributed by atoms with Gasteiger partial charge in [0.25, 0.3) is 0 Å². The molecule has 1 unspecified atom stereocenters. The Bertz CT molecular complexity index is 598. The molecule has 5 nitrogen and oxygen atoms in total. The van der Waals surface area contributed by atoms with Gasteiger partial charge in [-0.25, -0.2) is 0 Å². The molecule has 1 aromatic carbocycles. The van der Waals surface area contributed by atoms with Crippen molar-refractivity contribution in [3.8, 4) is 11.5 Å². The van der Waals surface area contributed by atoms with Crippen molar-refractivity contribution in [1.82, 2.24) is 10.2 Å². The Balaban J connectivity index is 2.10. The van der Waals surface area contributed by atoms with Crippen LogP contribution in [-0.2, 0) is 6.42 Å². The minimum absolute atomic E-state index is 0.0834. The molecule has 1 aromatic heterocycles. The van der Waals surface area contributed by atoms with Crippen molar-refractivity contribution in [2.24, 2.45) is 5.92 Å². The molecule has 1 heterocycles. The van der Waals surface area contributed by atoms with Gasteiger partial charge >= 0.3 is 0 Å². The van der Waals surface area contributed by atoms with Crippen LogP contribution in [0.4, 0.5) is 5.13 Å². The highest BCUT2D eigenvalue weighted by Gasteiger charge is 2.14. The van der Waals surface area contributed by atoms with Crippen molar-refractivity contribution in [3.05, 3.63) is 28.8 Å². The summed E-state index contributed by atoms with van der Waals surface area (Å²) in [6, 6.07) is 5.11. The average Bonchev–Trinajstić information content (AvgIpc) is 2.85. The zero-order chi connectivity index (χ0) is 15.4. The first kappa shape index (κ1) is 15.6. The van der Waals surface area contributed by atoms with E-state index in [1.54, 1.807) is 30.6 Å². The predicted octanol–water partition coefficient (Wildman–Crippen LogP) is 3.62. The number of hydrogen-bond donors (Lipinski definition) is 2. The van der Waals surface area contributed by atoms with Crippen LogP contribution < -0.4 is 10.1 Å². The van der Waals surface area contributed by atoms with Gasteiger partial charge in [0.15, 0.2) is 0 Å². The molecule has 0 amide bonds. The second-order valence-corrected chi connectivity index (χ2v) is 6.45. The molecule has 0 saturated carbocycles. The molecule has 2 rings (SSSR count). The SMILES string of the molecule is COc1ccc(O)c(C(C)Nc2nnc(CC(C)C)s2)c1. The van der Waals surface area contributed by atoms with Crippen molar-refractivity contribution in [2.75, 3.05) is 12.4 Å². The molecule has 0 fully saturated rings. The van der Waals surface area contributed by atoms with Crippen molar-refractivity contribution in [1.29, 1.82) is 0 Å². The van der Waals surface area contributed by atoms with Crippen LogP contribution in [0.3, 0.4) is 0 Å². The third-order valence-corrected chi connectivity index (χ3v) is 3.97. The third kappa shape index (κ3) is 4.07. The molecule has 1 atom stereocenters. The number of nitrogens with zero attached hydrogens (tertiary/aromatic N) is 2. The number of nitrogens with one attached hydrogen (secondary N) is 1. The molecule has 21 heavy (non-hydrogen) atoms. The zero-order valence-electron chi connectivity index (χ0n) is 12.8. The summed E-state index contributed by atoms with van der Waals surface area (Å²) in [5, 5.41) is 23.4. The summed E-state index contributed by atoms with van der Waals surface area (Å²) in [7, 11) is 1.61. The van der Waals surface area contributed by atoms with E-state index in [0.29, 0.717) is 11.7 Å². The van der Waals surface area contributed by atoms with Crippen LogP contribution in [0.1, 0.15) is 37.4 Å². The van der Waals surface area contributed by atoms with E-state index in [0.717, 1.165) is 22.1 Å². The monoisotopic (exact) mass is 307 g/mol. The van der Waals surface area contributed by atoms with Gasteiger partial charge in [-0.15, -0.1) is 10.2 Å². The molecular formula is C15H21N3O2S. The smallest absolute Gasteiger partial charge is 0.206 e. The van der Waals surface area contributed by atoms with E-state index in [4.69, 9.17) is 4.74 Å². The fourth-order valence-electron chi connectivity index (χ4n) is 2.01. The second-order valence-electron chi connectivity index (χ2n) is 5.39. The number of aromatic nitrogens is 2. The number of phenols is 1. The Labute approximate surface area is 129 Å². The first-order valence-electron chi connectivity index (χ1n) is 6.95. The number of methoxy groups -OCH3 is 1. The molecule has 0 aliphatic rings. The molecule has 0 spiro atoms. The maximum atomic E-state index is 9.97. The molecule has 2 N–H and O–H groups in total. The minimum Gasteiger partial charge on any atom is -0.508 e. The summed E-state index contributed by atoms with van der Waals surface area (Å²) >= 11 is 1.55. The predicted molar refractivity (Wildman–Crippen MR) is 85.1 cm³/mol. The molecule has 0 aliphatic carbocycles. The van der Waals surface area contributed by atoms with E-state index < -0.39 is 0 Å². The summed E-state index contributed by atoms with van der Waals surface area (Å²) in [6.45, 7) is 6.29. The number of benzene rings is 1. The zero-order valence-corrected chi connectivity index (χ0v) is 13.6. The van der Waals surface area contributed by atoms with Gasteiger partial charge < -0.3 is 15.2 Å². The van der Waals surface area contributed by atoms with E-state index >= 15 is 0 Å². The fraction of sp³-hybridized carbons (Fsp3) is 0.467. The van der Waals surface area contributed by atoms with E-state index in [1.807, 2.05) is 13.0 Å². The summed E-state index contributed by atoms with van der Waals surface area (Å²) in [5.41, 5.74) is 0.773. The quantitative estimate of drug-likeness (QED) is 0.853. The van der Waals surface area contributed by atoms with E-state index in [1.165, 1.54) is 0 Å². The fourth-order valence-corrected chi connectivity index (χ4v) is 3.05. The maximum Gasteiger partial charge on any atom is 0.206 e. The normalized spacial score (nSPS) is 12.4. The highest BCUT2D eigenvalue weighted by molar-refractivity contribution is 7.15. The Morgan fingerprint density at radius 2 is 2.05 bits per heavy atom. The van der Waals surface area contributed by atoms with Gasteiger partial charge in [-0.2, -0.15) is 0 Å². The maximum absolute atomic E-state index is 9.97. The lowest BCUT2D eigenvalue weighted by Gasteiger charge is -2.15. The molecule has 0 aliphatic heterocycles. The summed E-state index contributed by atoms with van der Waals surface area (Å²) in [5.74, 6) is 1.52. The van der Waals surface area contributed by atoms with Crippen LogP contribution in [0.15, 0.2) is 18.2 Å². The third-order valence-electron chi connectivity index (χ3n) is 3.09. The lowest BCUT2D eigenvalue weighted by Crippen LogP contribution is -2.06. The first-order valence-corrected chi connectivity index (χ1v) is 7.77. The largest absolute Gasteiger partial charge is 0.508 e. The van der Waals surface area contributed by atoms with Crippen LogP contribution >= 0.6 is 11.3 Å². The number of hydrogen-bond acceptors (Lipinski definition) is 6. The Morgan fingerprint density at radius 3 is 2.71 bits per heavy atom. The van der Waals surface area contributed by atoms with Crippen LogP contribution in [0.5, 0.6) is 11.5 Å². The van der Waals surface area contributed by atoms with E-state index in [9.17, 15) is 5.11 Å². The van der Waals surface area contributed by atoms with Crippen molar-refractivity contribution >= 4 is 16.5 Å². The molecular weight excluding hydrogens is 286 g/mol. The van der Waals surface area contributed by atoms with E-state index in [-0.39, 0.29) is 11.8 Å². The van der Waals surface area contributed by atoms with Gasteiger partial charge in [-0.3, -0.25) is 0 Å². The van der Waals surface area contributed by atoms with Gasteiger partial charge in [0, 0.05) is 12.0 Å². The van der Waals surface area contributed by atoms with Crippen LogP contribution in [0, 0.1) is 5.92 Å². The number of aromatic hydroxyl groups is 1. The minimum atomic E-state index is -0.0834. The number of phenolic OH excluding ortho intramolecular Hbond substituents is 1. The van der Waals surface area contributed by atoms with E-state index in [2.05, 4.69) is 29.4 Å².